The zero-order valence-electron chi connectivity index (χ0n) is 11.1. The van der Waals surface area contributed by atoms with Crippen LogP contribution in [-0.4, -0.2) is 0 Å². The lowest BCUT2D eigenvalue weighted by Gasteiger charge is -2.17. The van der Waals surface area contributed by atoms with Crippen LogP contribution in [-0.2, 0) is 6.42 Å². The number of hydrogen-bond donors (Lipinski definition) is 0. The molecule has 0 aliphatic carbocycles. The van der Waals surface area contributed by atoms with Crippen LogP contribution >= 0.6 is 0 Å². The fraction of sp³-hybridized carbons (Fsp3) is 0.625. The molecule has 90 valence electrons. The average Bonchev–Trinajstić information content (AvgIpc) is 2.27. The summed E-state index contributed by atoms with van der Waals surface area (Å²) in [5.74, 6) is 1.73. The first kappa shape index (κ1) is 13.3. The van der Waals surface area contributed by atoms with E-state index in [1.165, 1.54) is 37.7 Å². The smallest absolute Gasteiger partial charge is 0.0250 e. The second-order valence-corrected chi connectivity index (χ2v) is 5.32. The molecule has 0 fully saturated rings. The van der Waals surface area contributed by atoms with E-state index < -0.39 is 0 Å². The molecule has 0 N–H and O–H groups in total. The molecule has 16 heavy (non-hydrogen) atoms. The summed E-state index contributed by atoms with van der Waals surface area (Å²) in [7, 11) is 0. The third kappa shape index (κ3) is 5.34. The van der Waals surface area contributed by atoms with Crippen LogP contribution < -0.4 is 0 Å². The van der Waals surface area contributed by atoms with Gasteiger partial charge in [-0.05, 0) is 30.2 Å². The van der Waals surface area contributed by atoms with Gasteiger partial charge in [-0.1, -0.05) is 70.4 Å². The molecule has 1 aromatic carbocycles. The topological polar surface area (TPSA) is 0 Å². The fourth-order valence-corrected chi connectivity index (χ4v) is 2.27. The fourth-order valence-electron chi connectivity index (χ4n) is 2.27. The van der Waals surface area contributed by atoms with E-state index in [4.69, 9.17) is 0 Å². The molecule has 0 heterocycles. The molecule has 0 saturated heterocycles. The molecule has 0 nitrogen and oxygen atoms in total. The van der Waals surface area contributed by atoms with E-state index in [1.807, 2.05) is 0 Å². The zero-order chi connectivity index (χ0) is 11.8. The lowest BCUT2D eigenvalue weighted by atomic mass is 9.89. The molecule has 1 rings (SSSR count). The zero-order valence-corrected chi connectivity index (χ0v) is 11.1. The molecular formula is C16H26. The Morgan fingerprint density at radius 2 is 1.62 bits per heavy atom. The quantitative estimate of drug-likeness (QED) is 0.598. The monoisotopic (exact) mass is 218 g/mol. The van der Waals surface area contributed by atoms with Crippen molar-refractivity contribution in [1.82, 2.24) is 0 Å². The van der Waals surface area contributed by atoms with Gasteiger partial charge in [0.25, 0.3) is 0 Å². The Hall–Kier alpha value is -0.780. The minimum atomic E-state index is 0.843. The van der Waals surface area contributed by atoms with Crippen LogP contribution in [0.5, 0.6) is 0 Å². The van der Waals surface area contributed by atoms with Crippen molar-refractivity contribution < 1.29 is 0 Å². The Morgan fingerprint density at radius 1 is 0.938 bits per heavy atom. The van der Waals surface area contributed by atoms with E-state index >= 15 is 0 Å². The van der Waals surface area contributed by atoms with Gasteiger partial charge in [0.2, 0.25) is 0 Å². The molecule has 1 aromatic rings. The van der Waals surface area contributed by atoms with Gasteiger partial charge in [-0.15, -0.1) is 0 Å². The van der Waals surface area contributed by atoms with Crippen LogP contribution in [0, 0.1) is 11.8 Å². The van der Waals surface area contributed by atoms with E-state index in [-0.39, 0.29) is 0 Å². The third-order valence-electron chi connectivity index (χ3n) is 3.22. The Balaban J connectivity index is 2.44. The molecule has 0 aliphatic rings. The molecular weight excluding hydrogens is 192 g/mol. The van der Waals surface area contributed by atoms with Crippen molar-refractivity contribution in [2.75, 3.05) is 0 Å². The van der Waals surface area contributed by atoms with E-state index in [0.717, 1.165) is 11.8 Å². The molecule has 0 aromatic heterocycles. The van der Waals surface area contributed by atoms with Crippen molar-refractivity contribution in [3.05, 3.63) is 35.9 Å². The van der Waals surface area contributed by atoms with Crippen LogP contribution in [0.3, 0.4) is 0 Å². The lowest BCUT2D eigenvalue weighted by Crippen LogP contribution is -2.06. The SMILES string of the molecule is CCCC(CCC(C)C)Cc1ccccc1. The van der Waals surface area contributed by atoms with Crippen molar-refractivity contribution in [2.24, 2.45) is 11.8 Å². The number of hydrogen-bond acceptors (Lipinski definition) is 0. The largest absolute Gasteiger partial charge is 0.0654 e. The van der Waals surface area contributed by atoms with Crippen molar-refractivity contribution in [3.8, 4) is 0 Å². The van der Waals surface area contributed by atoms with Gasteiger partial charge in [0, 0.05) is 0 Å². The summed E-state index contributed by atoms with van der Waals surface area (Å²) >= 11 is 0. The van der Waals surface area contributed by atoms with Gasteiger partial charge < -0.3 is 0 Å². The first-order valence-corrected chi connectivity index (χ1v) is 6.76. The van der Waals surface area contributed by atoms with Gasteiger partial charge in [-0.25, -0.2) is 0 Å². The van der Waals surface area contributed by atoms with Gasteiger partial charge in [0.15, 0.2) is 0 Å². The van der Waals surface area contributed by atoms with E-state index in [0.29, 0.717) is 0 Å². The Morgan fingerprint density at radius 3 is 2.19 bits per heavy atom. The molecule has 0 saturated carbocycles. The average molecular weight is 218 g/mol. The number of rotatable bonds is 7. The second kappa shape index (κ2) is 7.49. The van der Waals surface area contributed by atoms with Gasteiger partial charge >= 0.3 is 0 Å². The molecule has 1 unspecified atom stereocenters. The third-order valence-corrected chi connectivity index (χ3v) is 3.22. The summed E-state index contributed by atoms with van der Waals surface area (Å²) < 4.78 is 0. The predicted octanol–water partition coefficient (Wildman–Crippen LogP) is 5.08. The minimum Gasteiger partial charge on any atom is -0.0654 e. The van der Waals surface area contributed by atoms with Crippen molar-refractivity contribution in [3.63, 3.8) is 0 Å². The maximum Gasteiger partial charge on any atom is -0.0250 e. The standard InChI is InChI=1S/C16H26/c1-4-8-15(12-11-14(2)3)13-16-9-6-5-7-10-16/h5-7,9-10,14-15H,4,8,11-13H2,1-3H3. The molecule has 0 heteroatoms. The van der Waals surface area contributed by atoms with Gasteiger partial charge in [-0.3, -0.25) is 0 Å². The van der Waals surface area contributed by atoms with Crippen molar-refractivity contribution in [2.45, 2.75) is 52.9 Å². The van der Waals surface area contributed by atoms with Gasteiger partial charge in [0.05, 0.1) is 0 Å². The van der Waals surface area contributed by atoms with E-state index in [9.17, 15) is 0 Å². The molecule has 0 spiro atoms. The Labute approximate surface area is 101 Å². The van der Waals surface area contributed by atoms with Crippen LogP contribution in [0.25, 0.3) is 0 Å². The van der Waals surface area contributed by atoms with Crippen LogP contribution in [0.1, 0.15) is 52.0 Å². The highest BCUT2D eigenvalue weighted by Crippen LogP contribution is 2.21. The molecule has 0 bridgehead atoms. The van der Waals surface area contributed by atoms with E-state index in [1.54, 1.807) is 0 Å². The maximum absolute atomic E-state index is 2.32. The van der Waals surface area contributed by atoms with Crippen molar-refractivity contribution >= 4 is 0 Å². The molecule has 1 atom stereocenters. The highest BCUT2D eigenvalue weighted by Gasteiger charge is 2.09. The van der Waals surface area contributed by atoms with Crippen LogP contribution in [0.15, 0.2) is 30.3 Å². The normalized spacial score (nSPS) is 13.0. The lowest BCUT2D eigenvalue weighted by molar-refractivity contribution is 0.395. The maximum atomic E-state index is 2.32. The summed E-state index contributed by atoms with van der Waals surface area (Å²) in [5, 5.41) is 0. The summed E-state index contributed by atoms with van der Waals surface area (Å²) in [6.45, 7) is 6.95. The predicted molar refractivity (Wildman–Crippen MR) is 72.6 cm³/mol. The summed E-state index contributed by atoms with van der Waals surface area (Å²) in [5.41, 5.74) is 1.50. The summed E-state index contributed by atoms with van der Waals surface area (Å²) in [6.07, 6.45) is 6.72. The minimum absolute atomic E-state index is 0.843. The highest BCUT2D eigenvalue weighted by atomic mass is 14.1. The second-order valence-electron chi connectivity index (χ2n) is 5.32. The Bertz CT molecular complexity index is 261. The first-order valence-electron chi connectivity index (χ1n) is 6.76. The molecule has 0 amide bonds. The van der Waals surface area contributed by atoms with Crippen LogP contribution in [0.4, 0.5) is 0 Å². The Kier molecular flexibility index (Phi) is 6.22. The summed E-state index contributed by atoms with van der Waals surface area (Å²) in [4.78, 5) is 0. The number of benzene rings is 1. The van der Waals surface area contributed by atoms with Crippen LogP contribution in [0.2, 0.25) is 0 Å². The van der Waals surface area contributed by atoms with Gasteiger partial charge in [-0.2, -0.15) is 0 Å². The van der Waals surface area contributed by atoms with Crippen molar-refractivity contribution in [1.29, 1.82) is 0 Å². The van der Waals surface area contributed by atoms with Gasteiger partial charge in [0.1, 0.15) is 0 Å². The first-order chi connectivity index (χ1) is 7.72. The summed E-state index contributed by atoms with van der Waals surface area (Å²) in [6, 6.07) is 10.9. The van der Waals surface area contributed by atoms with E-state index in [2.05, 4.69) is 51.1 Å². The molecule has 0 radical (unpaired) electrons. The highest BCUT2D eigenvalue weighted by molar-refractivity contribution is 5.15. The molecule has 0 aliphatic heterocycles.